The zero-order valence-corrected chi connectivity index (χ0v) is 14.1. The van der Waals surface area contributed by atoms with E-state index in [9.17, 15) is 13.6 Å². The number of benzene rings is 2. The maximum atomic E-state index is 13.2. The summed E-state index contributed by atoms with van der Waals surface area (Å²) in [6.07, 6.45) is 0. The molecular weight excluding hydrogens is 340 g/mol. The summed E-state index contributed by atoms with van der Waals surface area (Å²) < 4.78 is 37.1. The van der Waals surface area contributed by atoms with Gasteiger partial charge in [-0.3, -0.25) is 4.79 Å². The maximum absolute atomic E-state index is 13.2. The zero-order chi connectivity index (χ0) is 18.5. The second-order valence-electron chi connectivity index (χ2n) is 5.80. The van der Waals surface area contributed by atoms with Gasteiger partial charge in [-0.2, -0.15) is 0 Å². The number of amides is 1. The Morgan fingerprint density at radius 2 is 1.81 bits per heavy atom. The fourth-order valence-electron chi connectivity index (χ4n) is 2.42. The molecule has 0 atom stereocenters. The normalized spacial score (nSPS) is 10.6. The van der Waals surface area contributed by atoms with Crippen molar-refractivity contribution in [2.24, 2.45) is 0 Å². The van der Waals surface area contributed by atoms with Gasteiger partial charge in [-0.1, -0.05) is 12.1 Å². The quantitative estimate of drug-likeness (QED) is 0.656. The number of carbonyl (C=O) groups excluding carboxylic acids is 1. The number of hydrogen-bond acceptors (Lipinski definition) is 3. The molecule has 0 radical (unpaired) electrons. The summed E-state index contributed by atoms with van der Waals surface area (Å²) in [5.41, 5.74) is 0.687. The highest BCUT2D eigenvalue weighted by atomic mass is 19.1. The third kappa shape index (κ3) is 4.47. The molecule has 26 heavy (non-hydrogen) atoms. The molecule has 0 spiro atoms. The highest BCUT2D eigenvalue weighted by Gasteiger charge is 2.16. The minimum absolute atomic E-state index is 0.118. The van der Waals surface area contributed by atoms with Crippen molar-refractivity contribution in [2.45, 2.75) is 13.2 Å². The van der Waals surface area contributed by atoms with Crippen LogP contribution in [0.25, 0.3) is 0 Å². The smallest absolute Gasteiger partial charge is 0.289 e. The van der Waals surface area contributed by atoms with E-state index >= 15 is 0 Å². The van der Waals surface area contributed by atoms with E-state index in [0.29, 0.717) is 17.1 Å². The Hall–Kier alpha value is -3.15. The molecule has 1 aromatic heterocycles. The molecule has 0 saturated heterocycles. The first-order valence-electron chi connectivity index (χ1n) is 7.98. The lowest BCUT2D eigenvalue weighted by Crippen LogP contribution is -2.25. The van der Waals surface area contributed by atoms with Crippen LogP contribution in [0.5, 0.6) is 5.75 Å². The Bertz CT molecular complexity index is 890. The number of furan rings is 1. The summed E-state index contributed by atoms with van der Waals surface area (Å²) in [4.78, 5) is 13.9. The molecule has 1 amide bonds. The van der Waals surface area contributed by atoms with Crippen LogP contribution in [0.3, 0.4) is 0 Å². The van der Waals surface area contributed by atoms with E-state index in [-0.39, 0.29) is 36.5 Å². The maximum Gasteiger partial charge on any atom is 0.289 e. The Morgan fingerprint density at radius 1 is 1.04 bits per heavy atom. The molecular formula is C20H17F2NO3. The van der Waals surface area contributed by atoms with Gasteiger partial charge in [0.05, 0.1) is 0 Å². The van der Waals surface area contributed by atoms with Crippen LogP contribution in [0, 0.1) is 11.6 Å². The summed E-state index contributed by atoms with van der Waals surface area (Å²) >= 11 is 0. The first-order chi connectivity index (χ1) is 12.5. The molecule has 3 rings (SSSR count). The number of ether oxygens (including phenoxy) is 1. The van der Waals surface area contributed by atoms with Gasteiger partial charge in [0.1, 0.15) is 29.8 Å². The molecule has 6 heteroatoms. The molecule has 0 aliphatic heterocycles. The van der Waals surface area contributed by atoms with Gasteiger partial charge in [0.15, 0.2) is 5.76 Å². The van der Waals surface area contributed by atoms with Crippen molar-refractivity contribution in [1.29, 1.82) is 0 Å². The molecule has 4 nitrogen and oxygen atoms in total. The minimum atomic E-state index is -0.346. The topological polar surface area (TPSA) is 42.7 Å². The van der Waals surface area contributed by atoms with Gasteiger partial charge in [0, 0.05) is 13.6 Å². The average molecular weight is 357 g/mol. The predicted octanol–water partition coefficient (Wildman–Crippen LogP) is 4.41. The third-order valence-corrected chi connectivity index (χ3v) is 3.72. The summed E-state index contributed by atoms with van der Waals surface area (Å²) in [6.45, 7) is 0.380. The lowest BCUT2D eigenvalue weighted by molar-refractivity contribution is 0.0749. The molecule has 3 aromatic rings. The van der Waals surface area contributed by atoms with E-state index in [1.165, 1.54) is 41.3 Å². The molecule has 134 valence electrons. The number of rotatable bonds is 6. The highest BCUT2D eigenvalue weighted by Crippen LogP contribution is 2.16. The monoisotopic (exact) mass is 357 g/mol. The van der Waals surface area contributed by atoms with Gasteiger partial charge in [0.2, 0.25) is 0 Å². The number of carbonyl (C=O) groups is 1. The van der Waals surface area contributed by atoms with Crippen LogP contribution in [-0.4, -0.2) is 17.9 Å². The number of halogens is 2. The minimum Gasteiger partial charge on any atom is -0.486 e. The molecule has 0 bridgehead atoms. The lowest BCUT2D eigenvalue weighted by atomic mass is 10.2. The van der Waals surface area contributed by atoms with Gasteiger partial charge in [0.25, 0.3) is 5.91 Å². The summed E-state index contributed by atoms with van der Waals surface area (Å²) in [5.74, 6) is 0.130. The molecule has 0 N–H and O–H groups in total. The number of hydrogen-bond donors (Lipinski definition) is 0. The largest absolute Gasteiger partial charge is 0.486 e. The van der Waals surface area contributed by atoms with Crippen molar-refractivity contribution in [2.75, 3.05) is 7.05 Å². The second-order valence-corrected chi connectivity index (χ2v) is 5.80. The summed E-state index contributed by atoms with van der Waals surface area (Å²) in [7, 11) is 1.62. The second kappa shape index (κ2) is 7.82. The van der Waals surface area contributed by atoms with E-state index in [1.54, 1.807) is 31.3 Å². The van der Waals surface area contributed by atoms with Crippen LogP contribution in [0.1, 0.15) is 21.9 Å². The van der Waals surface area contributed by atoms with Crippen LogP contribution < -0.4 is 4.74 Å². The van der Waals surface area contributed by atoms with Crippen LogP contribution in [0.4, 0.5) is 8.78 Å². The van der Waals surface area contributed by atoms with Gasteiger partial charge in [-0.05, 0) is 54.1 Å². The molecule has 1 heterocycles. The fraction of sp³-hybridized carbons (Fsp3) is 0.150. The summed E-state index contributed by atoms with van der Waals surface area (Å²) in [5, 5.41) is 0. The van der Waals surface area contributed by atoms with Crippen LogP contribution >= 0.6 is 0 Å². The number of nitrogens with zero attached hydrogens (tertiary/aromatic N) is 1. The van der Waals surface area contributed by atoms with Crippen LogP contribution in [0.2, 0.25) is 0 Å². The fourth-order valence-corrected chi connectivity index (χ4v) is 2.42. The molecule has 0 fully saturated rings. The first kappa shape index (κ1) is 17.7. The summed E-state index contributed by atoms with van der Waals surface area (Å²) in [6, 6.07) is 14.9. The van der Waals surface area contributed by atoms with Gasteiger partial charge >= 0.3 is 0 Å². The Labute approximate surface area is 149 Å². The third-order valence-electron chi connectivity index (χ3n) is 3.72. The van der Waals surface area contributed by atoms with Crippen molar-refractivity contribution >= 4 is 5.91 Å². The van der Waals surface area contributed by atoms with E-state index in [1.807, 2.05) is 0 Å². The predicted molar refractivity (Wildman–Crippen MR) is 91.6 cm³/mol. The Morgan fingerprint density at radius 3 is 2.54 bits per heavy atom. The average Bonchev–Trinajstić information content (AvgIpc) is 3.09. The molecule has 0 unspecified atom stereocenters. The lowest BCUT2D eigenvalue weighted by Gasteiger charge is -2.15. The van der Waals surface area contributed by atoms with Crippen molar-refractivity contribution in [3.63, 3.8) is 0 Å². The van der Waals surface area contributed by atoms with Crippen LogP contribution in [0.15, 0.2) is 65.1 Å². The van der Waals surface area contributed by atoms with Crippen molar-refractivity contribution < 1.29 is 22.7 Å². The standard InChI is InChI=1S/C20H17F2NO3/c1-23(12-14-3-2-4-16(22)11-14)20(24)19-10-9-18(26-19)13-25-17-7-5-15(21)6-8-17/h2-11H,12-13H2,1H3. The van der Waals surface area contributed by atoms with Crippen molar-refractivity contribution in [1.82, 2.24) is 4.90 Å². The van der Waals surface area contributed by atoms with Crippen LogP contribution in [-0.2, 0) is 13.2 Å². The molecule has 0 saturated carbocycles. The molecule has 0 aliphatic carbocycles. The van der Waals surface area contributed by atoms with Gasteiger partial charge < -0.3 is 14.1 Å². The Balaban J connectivity index is 1.59. The van der Waals surface area contributed by atoms with E-state index in [2.05, 4.69) is 0 Å². The Kier molecular flexibility index (Phi) is 5.31. The van der Waals surface area contributed by atoms with Crippen molar-refractivity contribution in [3.05, 3.63) is 89.4 Å². The molecule has 2 aromatic carbocycles. The molecule has 0 aliphatic rings. The highest BCUT2D eigenvalue weighted by molar-refractivity contribution is 5.91. The SMILES string of the molecule is CN(Cc1cccc(F)c1)C(=O)c1ccc(COc2ccc(F)cc2)o1. The first-order valence-corrected chi connectivity index (χ1v) is 7.98. The van der Waals surface area contributed by atoms with E-state index in [4.69, 9.17) is 9.15 Å². The van der Waals surface area contributed by atoms with E-state index < -0.39 is 0 Å². The van der Waals surface area contributed by atoms with Gasteiger partial charge in [-0.25, -0.2) is 8.78 Å². The zero-order valence-electron chi connectivity index (χ0n) is 14.1. The van der Waals surface area contributed by atoms with Gasteiger partial charge in [-0.15, -0.1) is 0 Å². The van der Waals surface area contributed by atoms with E-state index in [0.717, 1.165) is 0 Å². The van der Waals surface area contributed by atoms with Crippen molar-refractivity contribution in [3.8, 4) is 5.75 Å².